The molecular formula is C22H18FN3O. The molecule has 0 saturated carbocycles. The van der Waals surface area contributed by atoms with Gasteiger partial charge in [0.05, 0.1) is 5.56 Å². The number of rotatable bonds is 5. The predicted molar refractivity (Wildman–Crippen MR) is 103 cm³/mol. The molecule has 0 saturated heterocycles. The summed E-state index contributed by atoms with van der Waals surface area (Å²) >= 11 is 0. The van der Waals surface area contributed by atoms with Gasteiger partial charge >= 0.3 is 0 Å². The number of aromatic nitrogens is 2. The number of anilines is 1. The lowest BCUT2D eigenvalue weighted by Crippen LogP contribution is -2.12. The summed E-state index contributed by atoms with van der Waals surface area (Å²) in [5.41, 5.74) is 3.37. The molecule has 1 N–H and O–H groups in total. The molecule has 1 heterocycles. The van der Waals surface area contributed by atoms with Crippen molar-refractivity contribution < 1.29 is 8.81 Å². The van der Waals surface area contributed by atoms with Crippen LogP contribution in [-0.4, -0.2) is 10.2 Å². The zero-order valence-electron chi connectivity index (χ0n) is 14.8. The molecule has 5 heteroatoms. The first-order valence-electron chi connectivity index (χ1n) is 8.67. The molecular weight excluding hydrogens is 341 g/mol. The van der Waals surface area contributed by atoms with Crippen LogP contribution < -0.4 is 5.32 Å². The lowest BCUT2D eigenvalue weighted by atomic mass is 10.1. The van der Waals surface area contributed by atoms with Gasteiger partial charge in [-0.25, -0.2) is 4.39 Å². The molecule has 4 rings (SSSR count). The van der Waals surface area contributed by atoms with Crippen LogP contribution >= 0.6 is 0 Å². The van der Waals surface area contributed by atoms with Crippen molar-refractivity contribution in [3.8, 4) is 11.5 Å². The summed E-state index contributed by atoms with van der Waals surface area (Å²) in [6.07, 6.45) is 0. The molecule has 1 unspecified atom stereocenters. The molecule has 134 valence electrons. The van der Waals surface area contributed by atoms with Crippen LogP contribution in [0.5, 0.6) is 0 Å². The zero-order chi connectivity index (χ0) is 18.6. The predicted octanol–water partition coefficient (Wildman–Crippen LogP) is 5.39. The first kappa shape index (κ1) is 17.0. The van der Waals surface area contributed by atoms with Gasteiger partial charge in [0.1, 0.15) is 11.9 Å². The van der Waals surface area contributed by atoms with E-state index in [4.69, 9.17) is 4.42 Å². The molecule has 27 heavy (non-hydrogen) atoms. The molecule has 1 aromatic heterocycles. The molecule has 0 fully saturated rings. The van der Waals surface area contributed by atoms with Gasteiger partial charge in [-0.1, -0.05) is 60.2 Å². The number of nitrogens with zero attached hydrogens (tertiary/aromatic N) is 2. The van der Waals surface area contributed by atoms with Crippen LogP contribution in [0, 0.1) is 12.7 Å². The van der Waals surface area contributed by atoms with Crippen LogP contribution in [0.4, 0.5) is 10.1 Å². The topological polar surface area (TPSA) is 51.0 Å². The summed E-state index contributed by atoms with van der Waals surface area (Å²) in [7, 11) is 0. The molecule has 1 atom stereocenters. The first-order chi connectivity index (χ1) is 13.2. The second kappa shape index (κ2) is 7.41. The van der Waals surface area contributed by atoms with Gasteiger partial charge in [-0.2, -0.15) is 0 Å². The van der Waals surface area contributed by atoms with E-state index in [0.717, 1.165) is 11.3 Å². The summed E-state index contributed by atoms with van der Waals surface area (Å²) < 4.78 is 19.9. The number of halogens is 1. The van der Waals surface area contributed by atoms with E-state index in [-0.39, 0.29) is 11.9 Å². The zero-order valence-corrected chi connectivity index (χ0v) is 14.8. The normalized spacial score (nSPS) is 11.9. The van der Waals surface area contributed by atoms with Crippen LogP contribution in [0.1, 0.15) is 23.1 Å². The van der Waals surface area contributed by atoms with Crippen LogP contribution in [0.25, 0.3) is 11.5 Å². The molecule has 0 bridgehead atoms. The van der Waals surface area contributed by atoms with Crippen molar-refractivity contribution in [1.29, 1.82) is 0 Å². The molecule has 0 amide bonds. The number of hydrogen-bond acceptors (Lipinski definition) is 4. The minimum absolute atomic E-state index is 0.162. The SMILES string of the molecule is Cc1ccc(NC(c2ccccc2)c2nnc(-c3ccccc3F)o2)cc1. The van der Waals surface area contributed by atoms with Crippen molar-refractivity contribution in [3.05, 3.63) is 102 Å². The van der Waals surface area contributed by atoms with E-state index in [0.29, 0.717) is 11.5 Å². The molecule has 4 nitrogen and oxygen atoms in total. The summed E-state index contributed by atoms with van der Waals surface area (Å²) in [4.78, 5) is 0. The Bertz CT molecular complexity index is 1030. The number of hydrogen-bond donors (Lipinski definition) is 1. The molecule has 0 aliphatic carbocycles. The smallest absolute Gasteiger partial charge is 0.250 e. The maximum atomic E-state index is 14.0. The summed E-state index contributed by atoms with van der Waals surface area (Å²) in [6.45, 7) is 2.04. The maximum Gasteiger partial charge on any atom is 0.250 e. The fourth-order valence-corrected chi connectivity index (χ4v) is 2.84. The quantitative estimate of drug-likeness (QED) is 0.519. The Hall–Kier alpha value is -3.47. The van der Waals surface area contributed by atoms with Gasteiger partial charge in [0, 0.05) is 5.69 Å². The van der Waals surface area contributed by atoms with Gasteiger partial charge in [0.25, 0.3) is 5.89 Å². The summed E-state index contributed by atoms with van der Waals surface area (Å²) in [5.74, 6) is 0.144. The van der Waals surface area contributed by atoms with Crippen molar-refractivity contribution in [2.24, 2.45) is 0 Å². The summed E-state index contributed by atoms with van der Waals surface area (Å²) in [5, 5.41) is 11.7. The van der Waals surface area contributed by atoms with E-state index in [9.17, 15) is 4.39 Å². The number of benzene rings is 3. The van der Waals surface area contributed by atoms with E-state index in [1.807, 2.05) is 61.5 Å². The van der Waals surface area contributed by atoms with Gasteiger partial charge in [0.2, 0.25) is 5.89 Å². The molecule has 0 aliphatic rings. The van der Waals surface area contributed by atoms with Crippen LogP contribution in [-0.2, 0) is 0 Å². The fraction of sp³-hybridized carbons (Fsp3) is 0.0909. The lowest BCUT2D eigenvalue weighted by molar-refractivity contribution is 0.490. The van der Waals surface area contributed by atoms with Crippen molar-refractivity contribution in [1.82, 2.24) is 10.2 Å². The van der Waals surface area contributed by atoms with E-state index >= 15 is 0 Å². The second-order valence-corrected chi connectivity index (χ2v) is 6.28. The highest BCUT2D eigenvalue weighted by molar-refractivity contribution is 5.54. The molecule has 0 aliphatic heterocycles. The Kier molecular flexibility index (Phi) is 4.66. The van der Waals surface area contributed by atoms with Gasteiger partial charge < -0.3 is 9.73 Å². The Morgan fingerprint density at radius 2 is 1.56 bits per heavy atom. The average molecular weight is 359 g/mol. The minimum atomic E-state index is -0.393. The summed E-state index contributed by atoms with van der Waals surface area (Å²) in [6, 6.07) is 23.9. The minimum Gasteiger partial charge on any atom is -0.418 e. The Balaban J connectivity index is 1.71. The van der Waals surface area contributed by atoms with Crippen molar-refractivity contribution in [2.75, 3.05) is 5.32 Å². The molecule has 4 aromatic rings. The van der Waals surface area contributed by atoms with E-state index in [1.165, 1.54) is 11.6 Å². The van der Waals surface area contributed by atoms with Crippen LogP contribution in [0.15, 0.2) is 83.3 Å². The van der Waals surface area contributed by atoms with Gasteiger partial charge in [-0.15, -0.1) is 10.2 Å². The molecule has 0 radical (unpaired) electrons. The standard InChI is InChI=1S/C22H18FN3O/c1-15-11-13-17(14-12-15)24-20(16-7-3-2-4-8-16)22-26-25-21(27-22)18-9-5-6-10-19(18)23/h2-14,20,24H,1H3. The van der Waals surface area contributed by atoms with Gasteiger partial charge in [-0.3, -0.25) is 0 Å². The third-order valence-electron chi connectivity index (χ3n) is 4.29. The third-order valence-corrected chi connectivity index (χ3v) is 4.29. The number of aryl methyl sites for hydroxylation is 1. The van der Waals surface area contributed by atoms with E-state index in [2.05, 4.69) is 15.5 Å². The van der Waals surface area contributed by atoms with Crippen molar-refractivity contribution >= 4 is 5.69 Å². The van der Waals surface area contributed by atoms with Crippen LogP contribution in [0.2, 0.25) is 0 Å². The largest absolute Gasteiger partial charge is 0.418 e. The Labute approximate surface area is 156 Å². The third kappa shape index (κ3) is 3.72. The van der Waals surface area contributed by atoms with Crippen LogP contribution in [0.3, 0.4) is 0 Å². The fourth-order valence-electron chi connectivity index (χ4n) is 2.84. The first-order valence-corrected chi connectivity index (χ1v) is 8.67. The highest BCUT2D eigenvalue weighted by Crippen LogP contribution is 2.29. The highest BCUT2D eigenvalue weighted by atomic mass is 19.1. The second-order valence-electron chi connectivity index (χ2n) is 6.28. The maximum absolute atomic E-state index is 14.0. The monoisotopic (exact) mass is 359 g/mol. The number of nitrogens with one attached hydrogen (secondary N) is 1. The van der Waals surface area contributed by atoms with Crippen molar-refractivity contribution in [2.45, 2.75) is 13.0 Å². The average Bonchev–Trinajstić information content (AvgIpc) is 3.18. The highest BCUT2D eigenvalue weighted by Gasteiger charge is 2.22. The van der Waals surface area contributed by atoms with E-state index in [1.54, 1.807) is 18.2 Å². The van der Waals surface area contributed by atoms with E-state index < -0.39 is 5.82 Å². The molecule has 0 spiro atoms. The van der Waals surface area contributed by atoms with Gasteiger partial charge in [0.15, 0.2) is 0 Å². The van der Waals surface area contributed by atoms with Gasteiger partial charge in [-0.05, 0) is 36.8 Å². The Morgan fingerprint density at radius 1 is 0.852 bits per heavy atom. The lowest BCUT2D eigenvalue weighted by Gasteiger charge is -2.17. The van der Waals surface area contributed by atoms with Crippen molar-refractivity contribution in [3.63, 3.8) is 0 Å². The molecule has 3 aromatic carbocycles. The Morgan fingerprint density at radius 3 is 2.30 bits per heavy atom.